The summed E-state index contributed by atoms with van der Waals surface area (Å²) in [6.45, 7) is 1.68. The summed E-state index contributed by atoms with van der Waals surface area (Å²) in [5.74, 6) is 1.80. The van der Waals surface area contributed by atoms with Crippen LogP contribution in [0.4, 0.5) is 5.69 Å². The summed E-state index contributed by atoms with van der Waals surface area (Å²) in [7, 11) is 1.65. The zero-order valence-corrected chi connectivity index (χ0v) is 11.7. The average Bonchev–Trinajstić information content (AvgIpc) is 3.18. The molecule has 2 N–H and O–H groups in total. The number of nitrogens with zero attached hydrogens (tertiary/aromatic N) is 1. The highest BCUT2D eigenvalue weighted by Crippen LogP contribution is 2.31. The molecular formula is C16H20N2O2. The molecule has 0 unspecified atom stereocenters. The maximum absolute atomic E-state index is 6.11. The molecule has 1 fully saturated rings. The Hall–Kier alpha value is -1.94. The summed E-state index contributed by atoms with van der Waals surface area (Å²) >= 11 is 0. The minimum absolute atomic E-state index is 0.654. The van der Waals surface area contributed by atoms with Crippen molar-refractivity contribution in [3.8, 4) is 5.75 Å². The molecule has 1 aliphatic carbocycles. The number of methoxy groups -OCH3 is 1. The smallest absolute Gasteiger partial charge is 0.120 e. The molecule has 0 bridgehead atoms. The molecule has 0 atom stereocenters. The fourth-order valence-electron chi connectivity index (χ4n) is 2.42. The second kappa shape index (κ2) is 5.59. The van der Waals surface area contributed by atoms with Crippen molar-refractivity contribution in [1.82, 2.24) is 4.90 Å². The largest absolute Gasteiger partial charge is 0.497 e. The number of hydrogen-bond donors (Lipinski definition) is 1. The molecule has 0 radical (unpaired) electrons. The number of rotatable bonds is 6. The van der Waals surface area contributed by atoms with E-state index in [1.165, 1.54) is 12.8 Å². The SMILES string of the molecule is COc1ccc(CN(Cc2ccco2)C2CC2)c(N)c1. The molecule has 4 heteroatoms. The molecule has 0 saturated heterocycles. The lowest BCUT2D eigenvalue weighted by atomic mass is 10.1. The fourth-order valence-corrected chi connectivity index (χ4v) is 2.42. The Morgan fingerprint density at radius 1 is 1.30 bits per heavy atom. The predicted octanol–water partition coefficient (Wildman–Crippen LogP) is 3.04. The minimum Gasteiger partial charge on any atom is -0.497 e. The number of furan rings is 1. The molecule has 20 heavy (non-hydrogen) atoms. The third kappa shape index (κ3) is 2.96. The third-order valence-corrected chi connectivity index (χ3v) is 3.73. The molecule has 2 aromatic rings. The highest BCUT2D eigenvalue weighted by atomic mass is 16.5. The summed E-state index contributed by atoms with van der Waals surface area (Å²) in [5, 5.41) is 0. The molecular weight excluding hydrogens is 252 g/mol. The highest BCUT2D eigenvalue weighted by molar-refractivity contribution is 5.51. The van der Waals surface area contributed by atoms with E-state index in [4.69, 9.17) is 14.9 Å². The van der Waals surface area contributed by atoms with Crippen LogP contribution < -0.4 is 10.5 Å². The second-order valence-electron chi connectivity index (χ2n) is 5.28. The Kier molecular flexibility index (Phi) is 3.65. The summed E-state index contributed by atoms with van der Waals surface area (Å²) in [6.07, 6.45) is 4.25. The number of hydrogen-bond acceptors (Lipinski definition) is 4. The van der Waals surface area contributed by atoms with Gasteiger partial charge in [-0.2, -0.15) is 0 Å². The van der Waals surface area contributed by atoms with Crippen LogP contribution in [-0.4, -0.2) is 18.1 Å². The molecule has 0 aliphatic heterocycles. The van der Waals surface area contributed by atoms with Crippen LogP contribution in [0, 0.1) is 0 Å². The van der Waals surface area contributed by atoms with Crippen molar-refractivity contribution in [1.29, 1.82) is 0 Å². The van der Waals surface area contributed by atoms with Gasteiger partial charge >= 0.3 is 0 Å². The minimum atomic E-state index is 0.654. The lowest BCUT2D eigenvalue weighted by Gasteiger charge is -2.22. The van der Waals surface area contributed by atoms with Gasteiger partial charge in [0.05, 0.1) is 19.9 Å². The summed E-state index contributed by atoms with van der Waals surface area (Å²) < 4.78 is 10.6. The van der Waals surface area contributed by atoms with Gasteiger partial charge in [0, 0.05) is 24.3 Å². The van der Waals surface area contributed by atoms with Crippen LogP contribution in [0.3, 0.4) is 0 Å². The van der Waals surface area contributed by atoms with Crippen molar-refractivity contribution in [2.24, 2.45) is 0 Å². The molecule has 1 aromatic heterocycles. The molecule has 1 saturated carbocycles. The van der Waals surface area contributed by atoms with Crippen molar-refractivity contribution < 1.29 is 9.15 Å². The van der Waals surface area contributed by atoms with E-state index in [1.807, 2.05) is 30.3 Å². The van der Waals surface area contributed by atoms with Gasteiger partial charge < -0.3 is 14.9 Å². The quantitative estimate of drug-likeness (QED) is 0.821. The van der Waals surface area contributed by atoms with Crippen molar-refractivity contribution in [2.75, 3.05) is 12.8 Å². The Labute approximate surface area is 119 Å². The Morgan fingerprint density at radius 3 is 2.75 bits per heavy atom. The molecule has 1 heterocycles. The second-order valence-corrected chi connectivity index (χ2v) is 5.28. The Bertz CT molecular complexity index is 562. The van der Waals surface area contributed by atoms with E-state index in [-0.39, 0.29) is 0 Å². The Morgan fingerprint density at radius 2 is 2.15 bits per heavy atom. The van der Waals surface area contributed by atoms with Crippen molar-refractivity contribution >= 4 is 5.69 Å². The number of nitrogen functional groups attached to an aromatic ring is 1. The first-order valence-electron chi connectivity index (χ1n) is 6.95. The monoisotopic (exact) mass is 272 g/mol. The summed E-state index contributed by atoms with van der Waals surface area (Å²) in [6, 6.07) is 10.5. The zero-order chi connectivity index (χ0) is 13.9. The number of nitrogens with two attached hydrogens (primary N) is 1. The van der Waals surface area contributed by atoms with E-state index in [9.17, 15) is 0 Å². The summed E-state index contributed by atoms with van der Waals surface area (Å²) in [4.78, 5) is 2.43. The lowest BCUT2D eigenvalue weighted by Crippen LogP contribution is -2.25. The van der Waals surface area contributed by atoms with Crippen molar-refractivity contribution in [3.05, 3.63) is 47.9 Å². The molecule has 1 aliphatic rings. The first-order chi connectivity index (χ1) is 9.76. The number of ether oxygens (including phenoxy) is 1. The summed E-state index contributed by atoms with van der Waals surface area (Å²) in [5.41, 5.74) is 8.04. The first-order valence-corrected chi connectivity index (χ1v) is 6.95. The number of anilines is 1. The van der Waals surface area contributed by atoms with E-state index in [1.54, 1.807) is 13.4 Å². The van der Waals surface area contributed by atoms with Crippen LogP contribution in [0.1, 0.15) is 24.2 Å². The van der Waals surface area contributed by atoms with Gasteiger partial charge in [0.15, 0.2) is 0 Å². The lowest BCUT2D eigenvalue weighted by molar-refractivity contribution is 0.225. The van der Waals surface area contributed by atoms with E-state index in [0.717, 1.165) is 35.9 Å². The van der Waals surface area contributed by atoms with Gasteiger partial charge in [0.25, 0.3) is 0 Å². The maximum Gasteiger partial charge on any atom is 0.120 e. The van der Waals surface area contributed by atoms with Gasteiger partial charge in [-0.25, -0.2) is 0 Å². The molecule has 0 amide bonds. The van der Waals surface area contributed by atoms with E-state index in [0.29, 0.717) is 6.04 Å². The Balaban J connectivity index is 1.73. The molecule has 4 nitrogen and oxygen atoms in total. The van der Waals surface area contributed by atoms with Gasteiger partial charge in [-0.1, -0.05) is 6.07 Å². The van der Waals surface area contributed by atoms with Crippen LogP contribution in [-0.2, 0) is 13.1 Å². The first kappa shape index (κ1) is 13.1. The van der Waals surface area contributed by atoms with Gasteiger partial charge in [-0.15, -0.1) is 0 Å². The van der Waals surface area contributed by atoms with Gasteiger partial charge in [-0.05, 0) is 36.6 Å². The van der Waals surface area contributed by atoms with E-state index < -0.39 is 0 Å². The maximum atomic E-state index is 6.11. The average molecular weight is 272 g/mol. The molecule has 106 valence electrons. The van der Waals surface area contributed by atoms with Crippen LogP contribution in [0.2, 0.25) is 0 Å². The van der Waals surface area contributed by atoms with Crippen LogP contribution in [0.15, 0.2) is 41.0 Å². The molecule has 1 aromatic carbocycles. The van der Waals surface area contributed by atoms with Crippen molar-refractivity contribution in [2.45, 2.75) is 32.0 Å². The topological polar surface area (TPSA) is 51.6 Å². The van der Waals surface area contributed by atoms with Gasteiger partial charge in [0.1, 0.15) is 11.5 Å². The van der Waals surface area contributed by atoms with Gasteiger partial charge in [-0.3, -0.25) is 4.90 Å². The van der Waals surface area contributed by atoms with Gasteiger partial charge in [0.2, 0.25) is 0 Å². The zero-order valence-electron chi connectivity index (χ0n) is 11.7. The molecule has 3 rings (SSSR count). The normalized spacial score (nSPS) is 14.7. The highest BCUT2D eigenvalue weighted by Gasteiger charge is 2.29. The fraction of sp³-hybridized carbons (Fsp3) is 0.375. The van der Waals surface area contributed by atoms with Crippen LogP contribution >= 0.6 is 0 Å². The van der Waals surface area contributed by atoms with E-state index in [2.05, 4.69) is 4.90 Å². The number of benzene rings is 1. The van der Waals surface area contributed by atoms with Crippen molar-refractivity contribution in [3.63, 3.8) is 0 Å². The standard InChI is InChI=1S/C16H20N2O2/c1-19-14-7-4-12(16(17)9-14)10-18(13-5-6-13)11-15-3-2-8-20-15/h2-4,7-9,13H,5-6,10-11,17H2,1H3. The van der Waals surface area contributed by atoms with Crippen LogP contribution in [0.5, 0.6) is 5.75 Å². The van der Waals surface area contributed by atoms with E-state index >= 15 is 0 Å². The van der Waals surface area contributed by atoms with Crippen LogP contribution in [0.25, 0.3) is 0 Å². The molecule has 0 spiro atoms. The predicted molar refractivity (Wildman–Crippen MR) is 78.4 cm³/mol. The third-order valence-electron chi connectivity index (χ3n) is 3.73.